The molecule has 0 bridgehead atoms. The van der Waals surface area contributed by atoms with Gasteiger partial charge < -0.3 is 15.7 Å². The largest absolute Gasteiger partial charge is 0.490 e. The summed E-state index contributed by atoms with van der Waals surface area (Å²) in [7, 11) is 0. The van der Waals surface area contributed by atoms with E-state index >= 15 is 0 Å². The molecule has 1 saturated carbocycles. The normalized spacial score (nSPS) is 17.6. The van der Waals surface area contributed by atoms with Crippen LogP contribution in [0.15, 0.2) is 27.8 Å². The molecule has 18 heavy (non-hydrogen) atoms. The van der Waals surface area contributed by atoms with Gasteiger partial charge in [0.2, 0.25) is 0 Å². The van der Waals surface area contributed by atoms with E-state index in [2.05, 4.69) is 21.1 Å². The lowest BCUT2D eigenvalue weighted by molar-refractivity contribution is 0.227. The first-order valence-corrected chi connectivity index (χ1v) is 6.38. The smallest absolute Gasteiger partial charge is 0.165 e. The molecular formula is C12H14BrFN2O2. The molecule has 0 radical (unpaired) electrons. The van der Waals surface area contributed by atoms with E-state index in [0.717, 1.165) is 17.3 Å². The number of nitrogens with two attached hydrogens (primary N) is 1. The van der Waals surface area contributed by atoms with Crippen molar-refractivity contribution in [3.05, 3.63) is 28.5 Å². The highest BCUT2D eigenvalue weighted by atomic mass is 79.9. The van der Waals surface area contributed by atoms with Crippen molar-refractivity contribution in [1.82, 2.24) is 0 Å². The molecule has 0 atom stereocenters. The summed E-state index contributed by atoms with van der Waals surface area (Å²) >= 11 is 3.27. The lowest BCUT2D eigenvalue weighted by Crippen LogP contribution is -2.22. The van der Waals surface area contributed by atoms with E-state index in [4.69, 9.17) is 15.7 Å². The van der Waals surface area contributed by atoms with Crippen LogP contribution < -0.4 is 10.5 Å². The lowest BCUT2D eigenvalue weighted by Gasteiger charge is -2.15. The fourth-order valence-corrected chi connectivity index (χ4v) is 2.13. The van der Waals surface area contributed by atoms with Crippen LogP contribution in [0, 0.1) is 11.2 Å². The van der Waals surface area contributed by atoms with Crippen molar-refractivity contribution in [2.75, 3.05) is 6.61 Å². The standard InChI is InChI=1S/C12H14BrFN2O2/c13-8-1-2-9(14)10(5-8)18-7-12(3-4-12)6-11(15)16-17/h1-2,5,17H,3-4,6-7H2,(H2,15,16). The number of ether oxygens (including phenoxy) is 1. The Hall–Kier alpha value is -1.30. The molecule has 0 spiro atoms. The summed E-state index contributed by atoms with van der Waals surface area (Å²) in [6.07, 6.45) is 2.36. The summed E-state index contributed by atoms with van der Waals surface area (Å²) in [4.78, 5) is 0. The molecule has 0 saturated heterocycles. The first-order chi connectivity index (χ1) is 8.54. The van der Waals surface area contributed by atoms with E-state index in [9.17, 15) is 4.39 Å². The van der Waals surface area contributed by atoms with Crippen LogP contribution in [0.1, 0.15) is 19.3 Å². The fourth-order valence-electron chi connectivity index (χ4n) is 1.79. The molecule has 4 nitrogen and oxygen atoms in total. The Balaban J connectivity index is 1.97. The van der Waals surface area contributed by atoms with Gasteiger partial charge in [0.15, 0.2) is 11.6 Å². The molecule has 1 aliphatic rings. The third kappa shape index (κ3) is 3.13. The van der Waals surface area contributed by atoms with Crippen LogP contribution in [0.3, 0.4) is 0 Å². The molecule has 0 aromatic heterocycles. The molecule has 6 heteroatoms. The summed E-state index contributed by atoms with van der Waals surface area (Å²) in [5.41, 5.74) is 5.38. The molecule has 0 unspecified atom stereocenters. The molecule has 0 aliphatic heterocycles. The second kappa shape index (κ2) is 5.14. The fraction of sp³-hybridized carbons (Fsp3) is 0.417. The van der Waals surface area contributed by atoms with Crippen LogP contribution in [0.5, 0.6) is 5.75 Å². The SMILES string of the molecule is N/C(CC1(COc2cc(Br)ccc2F)CC1)=N/O. The second-order valence-corrected chi connectivity index (χ2v) is 5.55. The molecule has 1 aromatic rings. The summed E-state index contributed by atoms with van der Waals surface area (Å²) in [6.45, 7) is 0.372. The van der Waals surface area contributed by atoms with Crippen molar-refractivity contribution in [3.8, 4) is 5.75 Å². The monoisotopic (exact) mass is 316 g/mol. The van der Waals surface area contributed by atoms with Gasteiger partial charge in [-0.1, -0.05) is 21.1 Å². The molecule has 2 rings (SSSR count). The van der Waals surface area contributed by atoms with Crippen molar-refractivity contribution >= 4 is 21.8 Å². The highest BCUT2D eigenvalue weighted by Crippen LogP contribution is 2.49. The number of amidine groups is 1. The van der Waals surface area contributed by atoms with Gasteiger partial charge >= 0.3 is 0 Å². The van der Waals surface area contributed by atoms with E-state index in [0.29, 0.717) is 13.0 Å². The highest BCUT2D eigenvalue weighted by molar-refractivity contribution is 9.10. The van der Waals surface area contributed by atoms with Gasteiger partial charge in [0, 0.05) is 16.3 Å². The molecule has 1 aromatic carbocycles. The lowest BCUT2D eigenvalue weighted by atomic mass is 10.0. The summed E-state index contributed by atoms with van der Waals surface area (Å²) in [5.74, 6) is 0.0128. The topological polar surface area (TPSA) is 67.8 Å². The highest BCUT2D eigenvalue weighted by Gasteiger charge is 2.44. The third-order valence-electron chi connectivity index (χ3n) is 3.07. The molecule has 0 amide bonds. The van der Waals surface area contributed by atoms with Gasteiger partial charge in [0.25, 0.3) is 0 Å². The molecule has 1 fully saturated rings. The molecule has 98 valence electrons. The molecule has 3 N–H and O–H groups in total. The number of nitrogens with zero attached hydrogens (tertiary/aromatic N) is 1. The number of halogens is 2. The van der Waals surface area contributed by atoms with Gasteiger partial charge in [-0.05, 0) is 31.0 Å². The van der Waals surface area contributed by atoms with Crippen LogP contribution in [0.2, 0.25) is 0 Å². The zero-order chi connectivity index (χ0) is 13.2. The van der Waals surface area contributed by atoms with Crippen LogP contribution in [0.4, 0.5) is 4.39 Å². The van der Waals surface area contributed by atoms with Gasteiger partial charge in [-0.25, -0.2) is 4.39 Å². The zero-order valence-corrected chi connectivity index (χ0v) is 11.3. The van der Waals surface area contributed by atoms with Crippen LogP contribution in [-0.2, 0) is 0 Å². The average Bonchev–Trinajstić information content (AvgIpc) is 3.10. The van der Waals surface area contributed by atoms with Crippen molar-refractivity contribution in [3.63, 3.8) is 0 Å². The van der Waals surface area contributed by atoms with E-state index in [1.807, 2.05) is 0 Å². The maximum absolute atomic E-state index is 13.5. The molecule has 0 heterocycles. The van der Waals surface area contributed by atoms with Crippen molar-refractivity contribution < 1.29 is 14.3 Å². The predicted molar refractivity (Wildman–Crippen MR) is 69.3 cm³/mol. The van der Waals surface area contributed by atoms with E-state index < -0.39 is 5.82 Å². The zero-order valence-electron chi connectivity index (χ0n) is 9.70. The van der Waals surface area contributed by atoms with Crippen molar-refractivity contribution in [2.45, 2.75) is 19.3 Å². The minimum atomic E-state index is -0.391. The van der Waals surface area contributed by atoms with E-state index in [1.54, 1.807) is 12.1 Å². The van der Waals surface area contributed by atoms with Gasteiger partial charge in [-0.2, -0.15) is 0 Å². The maximum Gasteiger partial charge on any atom is 0.165 e. The first kappa shape index (κ1) is 13.1. The Labute approximate surface area is 113 Å². The number of oxime groups is 1. The minimum absolute atomic E-state index is 0.106. The Morgan fingerprint density at radius 3 is 2.89 bits per heavy atom. The summed E-state index contributed by atoms with van der Waals surface area (Å²) in [5, 5.41) is 11.5. The van der Waals surface area contributed by atoms with Gasteiger partial charge in [-0.15, -0.1) is 0 Å². The first-order valence-electron chi connectivity index (χ1n) is 5.59. The van der Waals surface area contributed by atoms with Crippen LogP contribution >= 0.6 is 15.9 Å². The molecular weight excluding hydrogens is 303 g/mol. The van der Waals surface area contributed by atoms with Gasteiger partial charge in [0.1, 0.15) is 5.84 Å². The molecule has 1 aliphatic carbocycles. The van der Waals surface area contributed by atoms with Gasteiger partial charge in [-0.3, -0.25) is 0 Å². The van der Waals surface area contributed by atoms with E-state index in [-0.39, 0.29) is 17.0 Å². The number of benzene rings is 1. The van der Waals surface area contributed by atoms with Crippen molar-refractivity contribution in [1.29, 1.82) is 0 Å². The predicted octanol–water partition coefficient (Wildman–Crippen LogP) is 2.88. The third-order valence-corrected chi connectivity index (χ3v) is 3.56. The van der Waals surface area contributed by atoms with E-state index in [1.165, 1.54) is 6.07 Å². The quantitative estimate of drug-likeness (QED) is 0.380. The second-order valence-electron chi connectivity index (χ2n) is 4.63. The number of hydrogen-bond donors (Lipinski definition) is 2. The number of rotatable bonds is 5. The maximum atomic E-state index is 13.5. The number of hydrogen-bond acceptors (Lipinski definition) is 3. The summed E-state index contributed by atoms with van der Waals surface area (Å²) < 4.78 is 19.7. The Kier molecular flexibility index (Phi) is 3.75. The van der Waals surface area contributed by atoms with Gasteiger partial charge in [0.05, 0.1) is 6.61 Å². The summed E-state index contributed by atoms with van der Waals surface area (Å²) in [6, 6.07) is 4.56. The Bertz CT molecular complexity index is 475. The Morgan fingerprint density at radius 2 is 2.28 bits per heavy atom. The average molecular weight is 317 g/mol. The Morgan fingerprint density at radius 1 is 1.56 bits per heavy atom. The minimum Gasteiger partial charge on any atom is -0.490 e. The van der Waals surface area contributed by atoms with Crippen LogP contribution in [0.25, 0.3) is 0 Å². The van der Waals surface area contributed by atoms with Crippen molar-refractivity contribution in [2.24, 2.45) is 16.3 Å². The van der Waals surface area contributed by atoms with Crippen LogP contribution in [-0.4, -0.2) is 17.6 Å².